The van der Waals surface area contributed by atoms with E-state index in [-0.39, 0.29) is 27.7 Å². The smallest absolute Gasteiger partial charge is 0.270 e. The van der Waals surface area contributed by atoms with Crippen molar-refractivity contribution < 1.29 is 9.72 Å². The molecule has 2 N–H and O–H groups in total. The molecule has 0 atom stereocenters. The van der Waals surface area contributed by atoms with Gasteiger partial charge in [0, 0.05) is 24.2 Å². The fourth-order valence-corrected chi connectivity index (χ4v) is 1.91. The molecule has 0 aliphatic rings. The van der Waals surface area contributed by atoms with Crippen LogP contribution in [0.15, 0.2) is 18.2 Å². The number of carbonyl (C=O) groups is 1. The van der Waals surface area contributed by atoms with Crippen molar-refractivity contribution in [3.05, 3.63) is 38.9 Å². The van der Waals surface area contributed by atoms with Crippen LogP contribution in [0.25, 0.3) is 0 Å². The number of hydrogen-bond acceptors (Lipinski definition) is 4. The van der Waals surface area contributed by atoms with Gasteiger partial charge in [0.2, 0.25) is 0 Å². The van der Waals surface area contributed by atoms with E-state index in [0.29, 0.717) is 6.54 Å². The van der Waals surface area contributed by atoms with Crippen molar-refractivity contribution >= 4 is 23.2 Å². The Hall–Kier alpha value is -1.66. The molecule has 0 spiro atoms. The Kier molecular flexibility index (Phi) is 6.11. The molecular formula is C14H20ClN3O3. The second-order valence-electron chi connectivity index (χ2n) is 5.71. The number of amides is 1. The highest BCUT2D eigenvalue weighted by Gasteiger charge is 2.14. The summed E-state index contributed by atoms with van der Waals surface area (Å²) in [4.78, 5) is 22.0. The van der Waals surface area contributed by atoms with Gasteiger partial charge in [-0.2, -0.15) is 0 Å². The van der Waals surface area contributed by atoms with Gasteiger partial charge in [-0.25, -0.2) is 0 Å². The van der Waals surface area contributed by atoms with Gasteiger partial charge in [-0.15, -0.1) is 0 Å². The van der Waals surface area contributed by atoms with Crippen LogP contribution in [0.1, 0.15) is 37.6 Å². The Morgan fingerprint density at radius 1 is 1.33 bits per heavy atom. The molecule has 0 aromatic heterocycles. The second kappa shape index (κ2) is 7.38. The van der Waals surface area contributed by atoms with E-state index in [2.05, 4.69) is 31.4 Å². The number of nitrogens with zero attached hydrogens (tertiary/aromatic N) is 1. The third kappa shape index (κ3) is 6.10. The van der Waals surface area contributed by atoms with Crippen molar-refractivity contribution in [3.8, 4) is 0 Å². The van der Waals surface area contributed by atoms with Gasteiger partial charge in [-0.3, -0.25) is 14.9 Å². The van der Waals surface area contributed by atoms with Crippen LogP contribution in [0.5, 0.6) is 0 Å². The van der Waals surface area contributed by atoms with E-state index in [4.69, 9.17) is 11.6 Å². The summed E-state index contributed by atoms with van der Waals surface area (Å²) in [7, 11) is 0. The lowest BCUT2D eigenvalue weighted by atomic mass is 10.1. The number of nitro groups is 1. The summed E-state index contributed by atoms with van der Waals surface area (Å²) in [6.45, 7) is 7.51. The molecule has 21 heavy (non-hydrogen) atoms. The zero-order valence-electron chi connectivity index (χ0n) is 12.4. The summed E-state index contributed by atoms with van der Waals surface area (Å²) in [6.07, 6.45) is 0.785. The lowest BCUT2D eigenvalue weighted by Crippen LogP contribution is -2.37. The van der Waals surface area contributed by atoms with Crippen LogP contribution in [0.2, 0.25) is 5.02 Å². The predicted molar refractivity (Wildman–Crippen MR) is 82.8 cm³/mol. The largest absolute Gasteiger partial charge is 0.352 e. The van der Waals surface area contributed by atoms with Crippen LogP contribution in [0, 0.1) is 10.1 Å². The standard InChI is InChI=1S/C14H20ClN3O3/c1-14(2,3)17-8-4-7-16-13(19)11-6-5-10(18(20)21)9-12(11)15/h5-6,9,17H,4,7-8H2,1-3H3,(H,16,19). The molecule has 6 nitrogen and oxygen atoms in total. The minimum atomic E-state index is -0.550. The number of hydrogen-bond donors (Lipinski definition) is 2. The Balaban J connectivity index is 2.47. The first-order valence-electron chi connectivity index (χ1n) is 6.68. The van der Waals surface area contributed by atoms with Crippen LogP contribution in [-0.4, -0.2) is 29.5 Å². The van der Waals surface area contributed by atoms with Gasteiger partial charge in [0.05, 0.1) is 15.5 Å². The topological polar surface area (TPSA) is 84.3 Å². The minimum Gasteiger partial charge on any atom is -0.352 e. The van der Waals surface area contributed by atoms with E-state index < -0.39 is 4.92 Å². The van der Waals surface area contributed by atoms with Crippen LogP contribution >= 0.6 is 11.6 Å². The third-order valence-electron chi connectivity index (χ3n) is 2.70. The molecule has 0 aliphatic carbocycles. The van der Waals surface area contributed by atoms with Gasteiger partial charge < -0.3 is 10.6 Å². The highest BCUT2D eigenvalue weighted by Crippen LogP contribution is 2.22. The fraction of sp³-hybridized carbons (Fsp3) is 0.500. The minimum absolute atomic E-state index is 0.0473. The van der Waals surface area contributed by atoms with E-state index in [0.717, 1.165) is 13.0 Å². The first kappa shape index (κ1) is 17.4. The fourth-order valence-electron chi connectivity index (χ4n) is 1.65. The SMILES string of the molecule is CC(C)(C)NCCCNC(=O)c1ccc([N+](=O)[O-])cc1Cl. The first-order chi connectivity index (χ1) is 9.70. The molecule has 1 amide bonds. The Labute approximate surface area is 129 Å². The number of benzene rings is 1. The summed E-state index contributed by atoms with van der Waals surface area (Å²) in [5.41, 5.74) is 0.156. The Morgan fingerprint density at radius 3 is 2.52 bits per heavy atom. The maximum absolute atomic E-state index is 11.9. The highest BCUT2D eigenvalue weighted by atomic mass is 35.5. The molecule has 0 radical (unpaired) electrons. The highest BCUT2D eigenvalue weighted by molar-refractivity contribution is 6.34. The van der Waals surface area contributed by atoms with Crippen LogP contribution in [-0.2, 0) is 0 Å². The van der Waals surface area contributed by atoms with E-state index in [1.807, 2.05) is 0 Å². The summed E-state index contributed by atoms with van der Waals surface area (Å²) in [5.74, 6) is -0.328. The maximum Gasteiger partial charge on any atom is 0.270 e. The molecule has 0 fully saturated rings. The molecule has 0 saturated carbocycles. The van der Waals surface area contributed by atoms with Crippen LogP contribution in [0.4, 0.5) is 5.69 Å². The van der Waals surface area contributed by atoms with Gasteiger partial charge in [0.1, 0.15) is 0 Å². The second-order valence-corrected chi connectivity index (χ2v) is 6.11. The van der Waals surface area contributed by atoms with Crippen molar-refractivity contribution in [2.45, 2.75) is 32.7 Å². The summed E-state index contributed by atoms with van der Waals surface area (Å²) in [6, 6.07) is 3.81. The molecular weight excluding hydrogens is 294 g/mol. The zero-order valence-corrected chi connectivity index (χ0v) is 13.2. The van der Waals surface area contributed by atoms with Crippen LogP contribution in [0.3, 0.4) is 0 Å². The van der Waals surface area contributed by atoms with Gasteiger partial charge in [0.15, 0.2) is 0 Å². The van der Waals surface area contributed by atoms with Crippen molar-refractivity contribution in [3.63, 3.8) is 0 Å². The van der Waals surface area contributed by atoms with Gasteiger partial charge in [-0.1, -0.05) is 11.6 Å². The van der Waals surface area contributed by atoms with Crippen LogP contribution < -0.4 is 10.6 Å². The molecule has 116 valence electrons. The van der Waals surface area contributed by atoms with E-state index >= 15 is 0 Å². The predicted octanol–water partition coefficient (Wildman–Crippen LogP) is 2.76. The molecule has 0 heterocycles. The number of carbonyl (C=O) groups excluding carboxylic acids is 1. The number of nitrogens with one attached hydrogen (secondary N) is 2. The van der Waals surface area contributed by atoms with Crippen molar-refractivity contribution in [1.82, 2.24) is 10.6 Å². The first-order valence-corrected chi connectivity index (χ1v) is 7.05. The lowest BCUT2D eigenvalue weighted by molar-refractivity contribution is -0.384. The zero-order chi connectivity index (χ0) is 16.0. The molecule has 0 bridgehead atoms. The molecule has 7 heteroatoms. The Bertz CT molecular complexity index is 527. The molecule has 1 aromatic rings. The number of rotatable bonds is 6. The normalized spacial score (nSPS) is 11.2. The quantitative estimate of drug-likeness (QED) is 0.480. The van der Waals surface area contributed by atoms with Gasteiger partial charge in [-0.05, 0) is 39.8 Å². The molecule has 1 aromatic carbocycles. The van der Waals surface area contributed by atoms with Crippen molar-refractivity contribution in [2.75, 3.05) is 13.1 Å². The van der Waals surface area contributed by atoms with Crippen molar-refractivity contribution in [1.29, 1.82) is 0 Å². The molecule has 1 rings (SSSR count). The third-order valence-corrected chi connectivity index (χ3v) is 3.02. The van der Waals surface area contributed by atoms with E-state index in [1.165, 1.54) is 18.2 Å². The van der Waals surface area contributed by atoms with E-state index in [9.17, 15) is 14.9 Å². The maximum atomic E-state index is 11.9. The Morgan fingerprint density at radius 2 is 2.00 bits per heavy atom. The number of nitro benzene ring substituents is 1. The van der Waals surface area contributed by atoms with E-state index in [1.54, 1.807) is 0 Å². The average molecular weight is 314 g/mol. The summed E-state index contributed by atoms with van der Waals surface area (Å²) < 4.78 is 0. The monoisotopic (exact) mass is 313 g/mol. The number of non-ortho nitro benzene ring substituents is 1. The lowest BCUT2D eigenvalue weighted by Gasteiger charge is -2.20. The van der Waals surface area contributed by atoms with Crippen molar-refractivity contribution in [2.24, 2.45) is 0 Å². The summed E-state index contributed by atoms with van der Waals surface area (Å²) in [5, 5.41) is 16.7. The molecule has 0 unspecified atom stereocenters. The summed E-state index contributed by atoms with van der Waals surface area (Å²) >= 11 is 5.89. The number of halogens is 1. The van der Waals surface area contributed by atoms with Gasteiger partial charge >= 0.3 is 0 Å². The molecule has 0 aliphatic heterocycles. The van der Waals surface area contributed by atoms with Gasteiger partial charge in [0.25, 0.3) is 11.6 Å². The average Bonchev–Trinajstić information content (AvgIpc) is 2.36. The molecule has 0 saturated heterocycles.